The lowest BCUT2D eigenvalue weighted by Gasteiger charge is -2.42. The monoisotopic (exact) mass is 337 g/mol. The first-order chi connectivity index (χ1) is 12.2. The van der Waals surface area contributed by atoms with Crippen molar-refractivity contribution in [2.24, 2.45) is 0 Å². The van der Waals surface area contributed by atoms with Gasteiger partial charge >= 0.3 is 0 Å². The van der Waals surface area contributed by atoms with Gasteiger partial charge in [0.2, 0.25) is 11.8 Å². The predicted octanol–water partition coefficient (Wildman–Crippen LogP) is 2.14. The predicted molar refractivity (Wildman–Crippen MR) is 92.5 cm³/mol. The molecule has 1 atom stereocenters. The molecule has 0 radical (unpaired) electrons. The van der Waals surface area contributed by atoms with Crippen LogP contribution >= 0.6 is 0 Å². The number of nitrogens with zero attached hydrogens (tertiary/aromatic N) is 2. The number of likely N-dealkylation sites (tertiary alicyclic amines) is 1. The number of nitrogens with one attached hydrogen (secondary N) is 1. The van der Waals surface area contributed by atoms with Crippen LogP contribution in [-0.4, -0.2) is 41.9 Å². The highest BCUT2D eigenvalue weighted by atomic mass is 16.5. The van der Waals surface area contributed by atoms with Crippen LogP contribution in [0.15, 0.2) is 42.7 Å². The standard InChI is InChI=1S/C19H19N3O3/c1-25-14-2-3-17-15(8-14)16(9-18(23)21-17)19(24)22-10-13(11-22)12-4-6-20-7-5-12/h2-8,13,16H,9-11H2,1H3,(H,21,23). The number of methoxy groups -OCH3 is 1. The average Bonchev–Trinajstić information content (AvgIpc) is 2.60. The van der Waals surface area contributed by atoms with Crippen LogP contribution in [0.5, 0.6) is 5.75 Å². The molecule has 2 aliphatic rings. The molecular weight excluding hydrogens is 318 g/mol. The molecule has 0 aliphatic carbocycles. The summed E-state index contributed by atoms with van der Waals surface area (Å²) in [6.07, 6.45) is 3.72. The Kier molecular flexibility index (Phi) is 3.87. The Morgan fingerprint density at radius 1 is 1.24 bits per heavy atom. The summed E-state index contributed by atoms with van der Waals surface area (Å²) < 4.78 is 5.27. The molecule has 1 aromatic heterocycles. The lowest BCUT2D eigenvalue weighted by atomic mass is 9.85. The van der Waals surface area contributed by atoms with Crippen molar-refractivity contribution in [1.82, 2.24) is 9.88 Å². The Bertz CT molecular complexity index is 816. The molecule has 1 saturated heterocycles. The molecule has 2 amide bonds. The van der Waals surface area contributed by atoms with E-state index in [-0.39, 0.29) is 18.2 Å². The fraction of sp³-hybridized carbons (Fsp3) is 0.316. The van der Waals surface area contributed by atoms with Crippen LogP contribution in [-0.2, 0) is 9.59 Å². The number of pyridine rings is 1. The Morgan fingerprint density at radius 2 is 2.00 bits per heavy atom. The number of hydrogen-bond acceptors (Lipinski definition) is 4. The van der Waals surface area contributed by atoms with Gasteiger partial charge in [0.15, 0.2) is 0 Å². The molecule has 0 bridgehead atoms. The van der Waals surface area contributed by atoms with Gasteiger partial charge in [-0.05, 0) is 41.5 Å². The molecule has 0 saturated carbocycles. The van der Waals surface area contributed by atoms with E-state index in [1.807, 2.05) is 23.1 Å². The second-order valence-electron chi connectivity index (χ2n) is 6.48. The Hall–Kier alpha value is -2.89. The van der Waals surface area contributed by atoms with E-state index < -0.39 is 5.92 Å². The minimum atomic E-state index is -0.447. The Labute approximate surface area is 145 Å². The smallest absolute Gasteiger partial charge is 0.230 e. The van der Waals surface area contributed by atoms with Crippen LogP contribution in [0.1, 0.15) is 29.4 Å². The minimum absolute atomic E-state index is 0.00894. The van der Waals surface area contributed by atoms with E-state index in [1.165, 1.54) is 5.56 Å². The molecule has 1 N–H and O–H groups in total. The second-order valence-corrected chi connectivity index (χ2v) is 6.48. The molecular formula is C19H19N3O3. The molecule has 6 nitrogen and oxygen atoms in total. The van der Waals surface area contributed by atoms with Gasteiger partial charge in [0, 0.05) is 43.5 Å². The molecule has 4 rings (SSSR count). The summed E-state index contributed by atoms with van der Waals surface area (Å²) in [4.78, 5) is 30.8. The highest BCUT2D eigenvalue weighted by Crippen LogP contribution is 2.38. The number of amides is 2. The number of carbonyl (C=O) groups is 2. The van der Waals surface area contributed by atoms with Crippen LogP contribution in [0.3, 0.4) is 0 Å². The van der Waals surface area contributed by atoms with Crippen LogP contribution < -0.4 is 10.1 Å². The fourth-order valence-corrected chi connectivity index (χ4v) is 3.51. The lowest BCUT2D eigenvalue weighted by Crippen LogP contribution is -2.51. The highest BCUT2D eigenvalue weighted by molar-refractivity contribution is 6.01. The fourth-order valence-electron chi connectivity index (χ4n) is 3.51. The van der Waals surface area contributed by atoms with E-state index >= 15 is 0 Å². The zero-order valence-electron chi connectivity index (χ0n) is 13.9. The summed E-state index contributed by atoms with van der Waals surface area (Å²) in [5.41, 5.74) is 2.72. The molecule has 2 aromatic rings. The number of rotatable bonds is 3. The van der Waals surface area contributed by atoms with E-state index in [0.29, 0.717) is 30.4 Å². The number of hydrogen-bond donors (Lipinski definition) is 1. The number of anilines is 1. The van der Waals surface area contributed by atoms with Gasteiger partial charge in [-0.2, -0.15) is 0 Å². The number of ether oxygens (including phenoxy) is 1. The van der Waals surface area contributed by atoms with Crippen molar-refractivity contribution in [2.45, 2.75) is 18.3 Å². The first kappa shape index (κ1) is 15.6. The van der Waals surface area contributed by atoms with Crippen molar-refractivity contribution in [1.29, 1.82) is 0 Å². The third kappa shape index (κ3) is 2.84. The first-order valence-corrected chi connectivity index (χ1v) is 8.32. The van der Waals surface area contributed by atoms with Gasteiger partial charge in [0.25, 0.3) is 0 Å². The molecule has 128 valence electrons. The van der Waals surface area contributed by atoms with Crippen molar-refractivity contribution >= 4 is 17.5 Å². The maximum Gasteiger partial charge on any atom is 0.230 e. The molecule has 6 heteroatoms. The van der Waals surface area contributed by atoms with Crippen molar-refractivity contribution < 1.29 is 14.3 Å². The molecule has 1 unspecified atom stereocenters. The number of benzene rings is 1. The molecule has 3 heterocycles. The van der Waals surface area contributed by atoms with Gasteiger partial charge < -0.3 is 15.0 Å². The Balaban J connectivity index is 1.53. The third-order valence-corrected chi connectivity index (χ3v) is 4.97. The van der Waals surface area contributed by atoms with Gasteiger partial charge in [0.05, 0.1) is 13.0 Å². The van der Waals surface area contributed by atoms with Gasteiger partial charge in [-0.25, -0.2) is 0 Å². The topological polar surface area (TPSA) is 71.5 Å². The van der Waals surface area contributed by atoms with Gasteiger partial charge in [-0.15, -0.1) is 0 Å². The van der Waals surface area contributed by atoms with E-state index in [4.69, 9.17) is 4.74 Å². The van der Waals surface area contributed by atoms with Crippen molar-refractivity contribution in [3.8, 4) is 5.75 Å². The van der Waals surface area contributed by atoms with E-state index in [1.54, 1.807) is 31.6 Å². The van der Waals surface area contributed by atoms with Crippen molar-refractivity contribution in [3.05, 3.63) is 53.9 Å². The lowest BCUT2D eigenvalue weighted by molar-refractivity contribution is -0.139. The molecule has 1 fully saturated rings. The zero-order valence-corrected chi connectivity index (χ0v) is 13.9. The summed E-state index contributed by atoms with van der Waals surface area (Å²) in [6, 6.07) is 9.40. The maximum absolute atomic E-state index is 13.0. The SMILES string of the molecule is COc1ccc2c(c1)C(C(=O)N1CC(c3ccncc3)C1)CC(=O)N2. The van der Waals surface area contributed by atoms with Gasteiger partial charge in [-0.3, -0.25) is 14.6 Å². The number of fused-ring (bicyclic) bond motifs is 1. The molecule has 25 heavy (non-hydrogen) atoms. The minimum Gasteiger partial charge on any atom is -0.497 e. The summed E-state index contributed by atoms with van der Waals surface area (Å²) in [5.74, 6) is 0.467. The summed E-state index contributed by atoms with van der Waals surface area (Å²) >= 11 is 0. The van der Waals surface area contributed by atoms with Crippen LogP contribution in [0.25, 0.3) is 0 Å². The number of carbonyl (C=O) groups excluding carboxylic acids is 2. The van der Waals surface area contributed by atoms with E-state index in [2.05, 4.69) is 10.3 Å². The summed E-state index contributed by atoms with van der Waals surface area (Å²) in [7, 11) is 1.59. The van der Waals surface area contributed by atoms with Crippen molar-refractivity contribution in [2.75, 3.05) is 25.5 Å². The molecule has 1 aromatic carbocycles. The van der Waals surface area contributed by atoms with Crippen molar-refractivity contribution in [3.63, 3.8) is 0 Å². The zero-order chi connectivity index (χ0) is 17.4. The number of aromatic nitrogens is 1. The van der Waals surface area contributed by atoms with Gasteiger partial charge in [-0.1, -0.05) is 0 Å². The van der Waals surface area contributed by atoms with Crippen LogP contribution in [0.4, 0.5) is 5.69 Å². The highest BCUT2D eigenvalue weighted by Gasteiger charge is 2.39. The molecule has 2 aliphatic heterocycles. The first-order valence-electron chi connectivity index (χ1n) is 8.32. The summed E-state index contributed by atoms with van der Waals surface area (Å²) in [5, 5.41) is 2.83. The summed E-state index contributed by atoms with van der Waals surface area (Å²) in [6.45, 7) is 1.36. The van der Waals surface area contributed by atoms with E-state index in [9.17, 15) is 9.59 Å². The second kappa shape index (κ2) is 6.20. The van der Waals surface area contributed by atoms with E-state index in [0.717, 1.165) is 5.56 Å². The third-order valence-electron chi connectivity index (χ3n) is 4.97. The quantitative estimate of drug-likeness (QED) is 0.931. The largest absolute Gasteiger partial charge is 0.497 e. The molecule has 0 spiro atoms. The Morgan fingerprint density at radius 3 is 2.72 bits per heavy atom. The van der Waals surface area contributed by atoms with Crippen LogP contribution in [0, 0.1) is 0 Å². The average molecular weight is 337 g/mol. The van der Waals surface area contributed by atoms with Gasteiger partial charge in [0.1, 0.15) is 5.75 Å². The normalized spacial score (nSPS) is 19.6. The maximum atomic E-state index is 13.0. The van der Waals surface area contributed by atoms with Crippen LogP contribution in [0.2, 0.25) is 0 Å².